The molecule has 8 heteroatoms. The molecule has 3 aromatic carbocycles. The summed E-state index contributed by atoms with van der Waals surface area (Å²) in [5, 5.41) is 6.60. The highest BCUT2D eigenvalue weighted by Gasteiger charge is 2.15. The summed E-state index contributed by atoms with van der Waals surface area (Å²) >= 11 is 11.4. The second-order valence-electron chi connectivity index (χ2n) is 7.88. The van der Waals surface area contributed by atoms with E-state index in [1.54, 1.807) is 42.5 Å². The van der Waals surface area contributed by atoms with E-state index >= 15 is 0 Å². The molecule has 6 nitrogen and oxygen atoms in total. The lowest BCUT2D eigenvalue weighted by molar-refractivity contribution is 0.0977. The molecule has 0 saturated heterocycles. The Morgan fingerprint density at radius 2 is 1.94 bits per heavy atom. The van der Waals surface area contributed by atoms with E-state index in [9.17, 15) is 4.79 Å². The minimum atomic E-state index is -0.308. The Balaban J connectivity index is 1.45. The van der Waals surface area contributed by atoms with E-state index in [4.69, 9.17) is 33.0 Å². The minimum Gasteiger partial charge on any atom is -0.491 e. The van der Waals surface area contributed by atoms with Crippen LogP contribution in [0.4, 0.5) is 5.69 Å². The molecule has 0 unspecified atom stereocenters. The minimum absolute atomic E-state index is 0.114. The molecule has 0 radical (unpaired) electrons. The van der Waals surface area contributed by atoms with E-state index in [2.05, 4.69) is 22.5 Å². The molecule has 0 aliphatic carbocycles. The van der Waals surface area contributed by atoms with Crippen molar-refractivity contribution < 1.29 is 13.9 Å². The topological polar surface area (TPSA) is 76.4 Å². The van der Waals surface area contributed by atoms with Gasteiger partial charge in [0.1, 0.15) is 11.3 Å². The first-order valence-corrected chi connectivity index (χ1v) is 11.7. The average Bonchev–Trinajstić information content (AvgIpc) is 3.23. The van der Waals surface area contributed by atoms with Gasteiger partial charge in [0.05, 0.1) is 6.10 Å². The summed E-state index contributed by atoms with van der Waals surface area (Å²) in [6, 6.07) is 17.9. The number of fused-ring (bicyclic) bond motifs is 1. The lowest BCUT2D eigenvalue weighted by Gasteiger charge is -2.14. The first-order chi connectivity index (χ1) is 16.3. The van der Waals surface area contributed by atoms with Crippen molar-refractivity contribution in [3.63, 3.8) is 0 Å². The Kier molecular flexibility index (Phi) is 7.14. The van der Waals surface area contributed by atoms with Gasteiger partial charge in [-0.15, -0.1) is 0 Å². The maximum absolute atomic E-state index is 12.6. The van der Waals surface area contributed by atoms with Gasteiger partial charge in [-0.3, -0.25) is 10.1 Å². The highest BCUT2D eigenvalue weighted by molar-refractivity contribution is 7.80. The molecule has 174 valence electrons. The zero-order chi connectivity index (χ0) is 24.2. The van der Waals surface area contributed by atoms with Gasteiger partial charge in [-0.25, -0.2) is 4.98 Å². The summed E-state index contributed by atoms with van der Waals surface area (Å²) in [4.78, 5) is 17.2. The Morgan fingerprint density at radius 3 is 2.68 bits per heavy atom. The number of hydrogen-bond acceptors (Lipinski definition) is 5. The number of hydrogen-bond donors (Lipinski definition) is 2. The van der Waals surface area contributed by atoms with Crippen molar-refractivity contribution in [1.82, 2.24) is 10.3 Å². The average molecular weight is 494 g/mol. The Hall–Kier alpha value is -3.42. The van der Waals surface area contributed by atoms with Crippen LogP contribution in [0.2, 0.25) is 5.02 Å². The number of halogens is 1. The van der Waals surface area contributed by atoms with Crippen molar-refractivity contribution >= 4 is 51.6 Å². The molecule has 0 spiro atoms. The molecule has 1 amide bonds. The standard InChI is InChI=1S/C26H24ClN3O3S/c1-4-15(2)32-19-11-8-17(9-12-19)24(31)30-26(34)29-21-7-5-6-20(16(21)3)25-28-22-14-18(27)10-13-23(22)33-25/h5-15H,4H2,1-3H3,(H2,29,30,31,34)/t15-/m1/s1. The predicted molar refractivity (Wildman–Crippen MR) is 140 cm³/mol. The smallest absolute Gasteiger partial charge is 0.257 e. The van der Waals surface area contributed by atoms with Crippen LogP contribution in [0.3, 0.4) is 0 Å². The number of rotatable bonds is 6. The maximum atomic E-state index is 12.6. The van der Waals surface area contributed by atoms with Gasteiger partial charge in [-0.05, 0) is 92.6 Å². The summed E-state index contributed by atoms with van der Waals surface area (Å²) in [6.07, 6.45) is 1.02. The van der Waals surface area contributed by atoms with Crippen LogP contribution in [0, 0.1) is 6.92 Å². The van der Waals surface area contributed by atoms with Gasteiger partial charge in [0, 0.05) is 21.8 Å². The molecule has 2 N–H and O–H groups in total. The van der Waals surface area contributed by atoms with Crippen LogP contribution < -0.4 is 15.4 Å². The third-order valence-corrected chi connectivity index (χ3v) is 5.86. The van der Waals surface area contributed by atoms with E-state index in [-0.39, 0.29) is 17.1 Å². The van der Waals surface area contributed by atoms with Crippen molar-refractivity contribution in [1.29, 1.82) is 0 Å². The molecule has 4 aromatic rings. The predicted octanol–water partition coefficient (Wildman–Crippen LogP) is 6.76. The highest BCUT2D eigenvalue weighted by atomic mass is 35.5. The Morgan fingerprint density at radius 1 is 1.18 bits per heavy atom. The molecule has 0 saturated carbocycles. The largest absolute Gasteiger partial charge is 0.491 e. The van der Waals surface area contributed by atoms with Crippen LogP contribution in [0.5, 0.6) is 5.75 Å². The number of thiocarbonyl (C=S) groups is 1. The highest BCUT2D eigenvalue weighted by Crippen LogP contribution is 2.31. The number of amides is 1. The normalized spacial score (nSPS) is 11.8. The number of benzene rings is 3. The molecule has 0 bridgehead atoms. The Bertz CT molecular complexity index is 1350. The van der Waals surface area contributed by atoms with Crippen molar-refractivity contribution in [2.24, 2.45) is 0 Å². The van der Waals surface area contributed by atoms with Crippen molar-refractivity contribution in [3.05, 3.63) is 76.8 Å². The number of carbonyl (C=O) groups excluding carboxylic acids is 1. The molecular formula is C26H24ClN3O3S. The first kappa shape index (κ1) is 23.7. The Labute approximate surface area is 208 Å². The number of anilines is 1. The molecule has 0 aliphatic heterocycles. The van der Waals surface area contributed by atoms with Crippen LogP contribution in [0.15, 0.2) is 65.1 Å². The van der Waals surface area contributed by atoms with Gasteiger partial charge in [-0.2, -0.15) is 0 Å². The monoisotopic (exact) mass is 493 g/mol. The van der Waals surface area contributed by atoms with E-state index < -0.39 is 0 Å². The molecule has 0 aliphatic rings. The molecule has 1 aromatic heterocycles. The molecule has 34 heavy (non-hydrogen) atoms. The quantitative estimate of drug-likeness (QED) is 0.289. The summed E-state index contributed by atoms with van der Waals surface area (Å²) in [5.41, 5.74) is 4.24. The van der Waals surface area contributed by atoms with Gasteiger partial charge < -0.3 is 14.5 Å². The van der Waals surface area contributed by atoms with Gasteiger partial charge in [0.25, 0.3) is 5.91 Å². The lowest BCUT2D eigenvalue weighted by Crippen LogP contribution is -2.34. The number of nitrogens with one attached hydrogen (secondary N) is 2. The molecule has 0 fully saturated rings. The van der Waals surface area contributed by atoms with Crippen LogP contribution >= 0.6 is 23.8 Å². The zero-order valence-corrected chi connectivity index (χ0v) is 20.6. The third-order valence-electron chi connectivity index (χ3n) is 5.42. The summed E-state index contributed by atoms with van der Waals surface area (Å²) < 4.78 is 11.7. The van der Waals surface area contributed by atoms with Gasteiger partial charge in [-0.1, -0.05) is 24.6 Å². The SMILES string of the molecule is CC[C@@H](C)Oc1ccc(C(=O)NC(=S)Nc2cccc(-c3nc4cc(Cl)ccc4o3)c2C)cc1. The summed E-state index contributed by atoms with van der Waals surface area (Å²) in [5.74, 6) is 0.894. The summed E-state index contributed by atoms with van der Waals surface area (Å²) in [6.45, 7) is 5.99. The fourth-order valence-corrected chi connectivity index (χ4v) is 3.72. The fraction of sp³-hybridized carbons (Fsp3) is 0.192. The second-order valence-corrected chi connectivity index (χ2v) is 8.72. The van der Waals surface area contributed by atoms with Gasteiger partial charge >= 0.3 is 0 Å². The van der Waals surface area contributed by atoms with Crippen LogP contribution in [0.1, 0.15) is 36.2 Å². The van der Waals surface area contributed by atoms with Crippen LogP contribution in [-0.4, -0.2) is 22.1 Å². The van der Waals surface area contributed by atoms with Crippen molar-refractivity contribution in [2.75, 3.05) is 5.32 Å². The maximum Gasteiger partial charge on any atom is 0.257 e. The van der Waals surface area contributed by atoms with Crippen molar-refractivity contribution in [2.45, 2.75) is 33.3 Å². The second kappa shape index (κ2) is 10.2. The van der Waals surface area contributed by atoms with E-state index in [1.165, 1.54) is 0 Å². The zero-order valence-electron chi connectivity index (χ0n) is 19.0. The van der Waals surface area contributed by atoms with Gasteiger partial charge in [0.2, 0.25) is 5.89 Å². The third kappa shape index (κ3) is 5.38. The van der Waals surface area contributed by atoms with Crippen molar-refractivity contribution in [3.8, 4) is 17.2 Å². The number of oxazole rings is 1. The van der Waals surface area contributed by atoms with Crippen LogP contribution in [-0.2, 0) is 0 Å². The van der Waals surface area contributed by atoms with E-state index in [1.807, 2.05) is 32.0 Å². The van der Waals surface area contributed by atoms with Crippen LogP contribution in [0.25, 0.3) is 22.6 Å². The molecule has 1 heterocycles. The molecular weight excluding hydrogens is 470 g/mol. The van der Waals surface area contributed by atoms with Gasteiger partial charge in [0.15, 0.2) is 10.7 Å². The first-order valence-electron chi connectivity index (χ1n) is 10.9. The molecule has 1 atom stereocenters. The number of ether oxygens (including phenoxy) is 1. The van der Waals surface area contributed by atoms with E-state index in [0.717, 1.165) is 29.0 Å². The molecule has 4 rings (SSSR count). The number of nitrogens with zero attached hydrogens (tertiary/aromatic N) is 1. The number of aromatic nitrogens is 1. The van der Waals surface area contributed by atoms with E-state index in [0.29, 0.717) is 27.6 Å². The number of carbonyl (C=O) groups is 1. The lowest BCUT2D eigenvalue weighted by atomic mass is 10.1. The summed E-state index contributed by atoms with van der Waals surface area (Å²) in [7, 11) is 0. The fourth-order valence-electron chi connectivity index (χ4n) is 3.35.